The molecule has 0 bridgehead atoms. The van der Waals surface area contributed by atoms with E-state index in [2.05, 4.69) is 96.6 Å². The van der Waals surface area contributed by atoms with Gasteiger partial charge in [-0.25, -0.2) is 16.8 Å². The van der Waals surface area contributed by atoms with Crippen LogP contribution in [0, 0.1) is 20.8 Å². The molecule has 0 unspecified atom stereocenters. The van der Waals surface area contributed by atoms with Crippen molar-refractivity contribution in [3.05, 3.63) is 161 Å². The van der Waals surface area contributed by atoms with Crippen molar-refractivity contribution in [3.8, 4) is 0 Å². The summed E-state index contributed by atoms with van der Waals surface area (Å²) in [7, 11) is -5.55. The highest BCUT2D eigenvalue weighted by atomic mass is 32.3. The molecule has 4 atom stereocenters. The summed E-state index contributed by atoms with van der Waals surface area (Å²) >= 11 is 3.48. The number of hydrogen-bond donors (Lipinski definition) is 4. The molecule has 0 radical (unpaired) electrons. The van der Waals surface area contributed by atoms with E-state index in [9.17, 15) is 36.0 Å². The monoisotopic (exact) mass is 1150 g/mol. The average molecular weight is 1160 g/mol. The minimum Gasteiger partial charge on any atom is -0.380 e. The van der Waals surface area contributed by atoms with E-state index in [1.54, 1.807) is 19.2 Å². The second kappa shape index (κ2) is 24.8. The molecule has 3 aliphatic carbocycles. The molecule has 5 heterocycles. The summed E-state index contributed by atoms with van der Waals surface area (Å²) in [6, 6.07) is 29.0. The summed E-state index contributed by atoms with van der Waals surface area (Å²) < 4.78 is 64.8. The predicted octanol–water partition coefficient (Wildman–Crippen LogP) is 8.49. The third kappa shape index (κ3) is 13.3. The van der Waals surface area contributed by atoms with Gasteiger partial charge in [0.25, 0.3) is 37.8 Å². The molecule has 0 spiro atoms. The number of thiophene rings is 3. The SMILES string of the molecule is CC(=O)NCc1ccc(C(=O)N[C@@H]2CCc3cc(C)ccc32)s1.CO[C@H]1CCN(S(=O)(=O)c2ccc(C(=O)N[C@@H]3CCc4cc(C)ccc43)s2)C1.Cc1ccc2c(c1)CC[C@H]2NC(=O)c1ccc(S(=O)(=O)N2CCOCC2)s1. The van der Waals surface area contributed by atoms with Crippen LogP contribution in [0.2, 0.25) is 0 Å². The molecule has 21 heteroatoms. The van der Waals surface area contributed by atoms with Crippen LogP contribution in [0.3, 0.4) is 0 Å². The minimum atomic E-state index is -3.58. The van der Waals surface area contributed by atoms with Crippen LogP contribution in [0.25, 0.3) is 0 Å². The zero-order valence-corrected chi connectivity index (χ0v) is 48.5. The highest BCUT2D eigenvalue weighted by Crippen LogP contribution is 2.36. The van der Waals surface area contributed by atoms with Crippen LogP contribution in [0.15, 0.2) is 99.4 Å². The van der Waals surface area contributed by atoms with Crippen LogP contribution in [0.1, 0.15) is 135 Å². The Labute approximate surface area is 469 Å². The predicted molar refractivity (Wildman–Crippen MR) is 303 cm³/mol. The van der Waals surface area contributed by atoms with Gasteiger partial charge < -0.3 is 30.7 Å². The Morgan fingerprint density at radius 2 is 0.987 bits per heavy atom. The summed E-state index contributed by atoms with van der Waals surface area (Å²) in [6.45, 7) is 10.5. The standard InChI is InChI=1S/C20H24N2O4S2.C19H22N2O4S2.C18H20N2O2S/c1-13-3-5-16-14(11-13)4-6-17(16)21-20(23)18-7-8-19(27-18)28(24,25)22-10-9-15(12-22)26-2;1-13-2-4-15-14(12-13)3-5-16(15)20-19(22)17-6-7-18(26-17)27(23,24)21-8-10-25-11-9-21;1-11-3-6-15-13(9-11)4-7-16(15)20-18(22)17-8-5-14(23-17)10-19-12(2)21/h3,5,7-8,11,15,17H,4,6,9-10,12H2,1-2H3,(H,21,23);2,4,6-7,12,16H,3,5,8-11H2,1H3,(H,20,22);3,5-6,8-9,16H,4,7,10H2,1-2H3,(H,19,21)(H,20,22)/t15-,17+;2*16-/m011/s1. The number of amides is 4. The van der Waals surface area contributed by atoms with E-state index in [0.29, 0.717) is 67.0 Å². The maximum absolute atomic E-state index is 12.8. The Morgan fingerprint density at radius 3 is 1.41 bits per heavy atom. The van der Waals surface area contributed by atoms with E-state index in [1.807, 2.05) is 12.1 Å². The van der Waals surface area contributed by atoms with Crippen molar-refractivity contribution in [2.24, 2.45) is 0 Å². The number of carbonyl (C=O) groups is 4. The first-order valence-electron chi connectivity index (χ1n) is 26.2. The number of ether oxygens (including phenoxy) is 2. The number of morpholine rings is 1. The number of carbonyl (C=O) groups excluding carboxylic acids is 4. The number of hydrogen-bond acceptors (Lipinski definition) is 13. The zero-order valence-electron chi connectivity index (χ0n) is 44.4. The molecule has 4 N–H and O–H groups in total. The van der Waals surface area contributed by atoms with Gasteiger partial charge in [0.15, 0.2) is 0 Å². The lowest BCUT2D eigenvalue weighted by Crippen LogP contribution is -2.40. The molecule has 414 valence electrons. The smallest absolute Gasteiger partial charge is 0.261 e. The Hall–Kier alpha value is -5.62. The van der Waals surface area contributed by atoms with Crippen LogP contribution in [-0.4, -0.2) is 102 Å². The van der Waals surface area contributed by atoms with Crippen LogP contribution in [0.5, 0.6) is 0 Å². The van der Waals surface area contributed by atoms with Gasteiger partial charge in [-0.05, 0) is 135 Å². The molecule has 6 aromatic rings. The Balaban J connectivity index is 0.000000143. The van der Waals surface area contributed by atoms with Gasteiger partial charge in [0.1, 0.15) is 8.42 Å². The van der Waals surface area contributed by atoms with E-state index in [-0.39, 0.29) is 56.3 Å². The molecule has 5 aliphatic rings. The first kappa shape index (κ1) is 57.1. The van der Waals surface area contributed by atoms with Crippen molar-refractivity contribution in [2.45, 2.75) is 112 Å². The molecule has 2 aliphatic heterocycles. The molecule has 2 fully saturated rings. The second-order valence-electron chi connectivity index (χ2n) is 20.2. The molecule has 16 nitrogen and oxygen atoms in total. The van der Waals surface area contributed by atoms with Crippen molar-refractivity contribution >= 4 is 77.7 Å². The van der Waals surface area contributed by atoms with Gasteiger partial charge in [0.2, 0.25) is 5.91 Å². The molecule has 3 aromatic carbocycles. The number of nitrogens with zero attached hydrogens (tertiary/aromatic N) is 2. The quantitative estimate of drug-likeness (QED) is 0.0867. The normalized spacial score (nSPS) is 19.8. The topological polar surface area (TPSA) is 210 Å². The Morgan fingerprint density at radius 1 is 0.564 bits per heavy atom. The van der Waals surface area contributed by atoms with Gasteiger partial charge >= 0.3 is 0 Å². The van der Waals surface area contributed by atoms with Crippen molar-refractivity contribution in [1.82, 2.24) is 29.9 Å². The molecule has 0 saturated carbocycles. The van der Waals surface area contributed by atoms with E-state index in [1.165, 1.54) is 77.9 Å². The maximum Gasteiger partial charge on any atom is 0.261 e. The van der Waals surface area contributed by atoms with Crippen molar-refractivity contribution in [3.63, 3.8) is 0 Å². The number of benzene rings is 3. The van der Waals surface area contributed by atoms with Gasteiger partial charge in [-0.1, -0.05) is 71.3 Å². The lowest BCUT2D eigenvalue weighted by Gasteiger charge is -2.25. The van der Waals surface area contributed by atoms with Crippen LogP contribution >= 0.6 is 34.0 Å². The van der Waals surface area contributed by atoms with Gasteiger partial charge in [-0.2, -0.15) is 8.61 Å². The summed E-state index contributed by atoms with van der Waals surface area (Å²) in [6.07, 6.45) is 6.22. The van der Waals surface area contributed by atoms with Crippen molar-refractivity contribution in [2.75, 3.05) is 46.5 Å². The highest BCUT2D eigenvalue weighted by molar-refractivity contribution is 7.91. The Bertz CT molecular complexity index is 3420. The average Bonchev–Trinajstić information content (AvgIpc) is 4.30. The molecular weight excluding hydrogens is 1090 g/mol. The molecule has 4 amide bonds. The third-order valence-corrected chi connectivity index (χ3v) is 22.6. The number of rotatable bonds is 13. The molecular formula is C57H66N6O10S5. The highest BCUT2D eigenvalue weighted by Gasteiger charge is 2.35. The first-order chi connectivity index (χ1) is 37.4. The number of fused-ring (bicyclic) bond motifs is 3. The van der Waals surface area contributed by atoms with Gasteiger partial charge in [-0.15, -0.1) is 34.0 Å². The summed E-state index contributed by atoms with van der Waals surface area (Å²) in [5.41, 5.74) is 11.2. The summed E-state index contributed by atoms with van der Waals surface area (Å²) in [5.74, 6) is -0.548. The molecule has 11 rings (SSSR count). The zero-order chi connectivity index (χ0) is 55.3. The molecule has 2 saturated heterocycles. The molecule has 78 heavy (non-hydrogen) atoms. The van der Waals surface area contributed by atoms with Crippen molar-refractivity contribution < 1.29 is 45.5 Å². The fourth-order valence-electron chi connectivity index (χ4n) is 10.5. The summed E-state index contributed by atoms with van der Waals surface area (Å²) in [5, 5.41) is 12.0. The van der Waals surface area contributed by atoms with E-state index >= 15 is 0 Å². The van der Waals surface area contributed by atoms with E-state index in [4.69, 9.17) is 9.47 Å². The number of methoxy groups -OCH3 is 1. The maximum atomic E-state index is 12.8. The number of aryl methyl sites for hydroxylation is 6. The first-order valence-corrected chi connectivity index (χ1v) is 31.5. The summed E-state index contributed by atoms with van der Waals surface area (Å²) in [4.78, 5) is 51.3. The van der Waals surface area contributed by atoms with E-state index < -0.39 is 20.0 Å². The fraction of sp³-hybridized carbons (Fsp3) is 0.404. The second-order valence-corrected chi connectivity index (χ2v) is 27.9. The van der Waals surface area contributed by atoms with Crippen molar-refractivity contribution in [1.29, 1.82) is 0 Å². The van der Waals surface area contributed by atoms with Crippen LogP contribution < -0.4 is 21.3 Å². The number of sulfonamides is 2. The Kier molecular flexibility index (Phi) is 18.2. The van der Waals surface area contributed by atoms with Gasteiger partial charge in [0, 0.05) is 45.1 Å². The molecule has 3 aromatic heterocycles. The lowest BCUT2D eigenvalue weighted by atomic mass is 10.1. The van der Waals surface area contributed by atoms with E-state index in [0.717, 1.165) is 77.2 Å². The van der Waals surface area contributed by atoms with Gasteiger partial charge in [-0.3, -0.25) is 19.2 Å². The van der Waals surface area contributed by atoms with Gasteiger partial charge in [0.05, 0.1) is 58.6 Å². The fourth-order valence-corrected chi connectivity index (χ4v) is 17.0. The third-order valence-electron chi connectivity index (χ3n) is 14.7. The largest absolute Gasteiger partial charge is 0.380 e. The van der Waals surface area contributed by atoms with Crippen LogP contribution in [0.4, 0.5) is 0 Å². The van der Waals surface area contributed by atoms with Crippen LogP contribution in [-0.2, 0) is 60.1 Å². The number of nitrogens with one attached hydrogen (secondary N) is 4. The minimum absolute atomic E-state index is 0.0190. The lowest BCUT2D eigenvalue weighted by molar-refractivity contribution is -0.119.